The van der Waals surface area contributed by atoms with Crippen molar-refractivity contribution in [2.45, 2.75) is 0 Å². The molecule has 0 radical (unpaired) electrons. The monoisotopic (exact) mass is 306 g/mol. The van der Waals surface area contributed by atoms with Crippen LogP contribution in [0.1, 0.15) is 10.5 Å². The van der Waals surface area contributed by atoms with Crippen molar-refractivity contribution in [3.63, 3.8) is 0 Å². The molecular formula is C13H8ClFN4O2. The summed E-state index contributed by atoms with van der Waals surface area (Å²) in [6.07, 6.45) is 0. The average molecular weight is 307 g/mol. The van der Waals surface area contributed by atoms with Crippen molar-refractivity contribution in [3.8, 4) is 11.1 Å². The predicted octanol–water partition coefficient (Wildman–Crippen LogP) is 2.47. The molecule has 0 amide bonds. The van der Waals surface area contributed by atoms with E-state index in [1.807, 2.05) is 0 Å². The summed E-state index contributed by atoms with van der Waals surface area (Å²) in [4.78, 5) is 15.4. The number of hydrogen-bond acceptors (Lipinski definition) is 4. The third kappa shape index (κ3) is 2.17. The standard InChI is InChI=1S/C13H8ClFN4O2/c14-8-5-6(1-3-9(8)15)7-2-4-10-17-13(16)18-19(10)11(7)12(20)21/h1-5H,(H2,16,18)(H,20,21). The molecule has 6 nitrogen and oxygen atoms in total. The van der Waals surface area contributed by atoms with Crippen LogP contribution in [-0.2, 0) is 0 Å². The fourth-order valence-corrected chi connectivity index (χ4v) is 2.25. The Hall–Kier alpha value is -2.67. The Labute approximate surface area is 122 Å². The van der Waals surface area contributed by atoms with E-state index in [9.17, 15) is 14.3 Å². The molecule has 3 N–H and O–H groups in total. The van der Waals surface area contributed by atoms with Gasteiger partial charge in [-0.15, -0.1) is 5.10 Å². The van der Waals surface area contributed by atoms with Gasteiger partial charge in [-0.25, -0.2) is 13.7 Å². The summed E-state index contributed by atoms with van der Waals surface area (Å²) in [6, 6.07) is 7.09. The molecule has 0 atom stereocenters. The molecule has 2 heterocycles. The lowest BCUT2D eigenvalue weighted by Gasteiger charge is -2.08. The Morgan fingerprint density at radius 2 is 2.10 bits per heavy atom. The second-order valence-corrected chi connectivity index (χ2v) is 4.68. The van der Waals surface area contributed by atoms with Gasteiger partial charge in [0, 0.05) is 5.56 Å². The lowest BCUT2D eigenvalue weighted by Crippen LogP contribution is -2.09. The van der Waals surface area contributed by atoms with Crippen LogP contribution in [0.2, 0.25) is 5.02 Å². The number of aromatic nitrogens is 3. The lowest BCUT2D eigenvalue weighted by molar-refractivity contribution is 0.0688. The van der Waals surface area contributed by atoms with Crippen molar-refractivity contribution in [1.29, 1.82) is 0 Å². The maximum atomic E-state index is 13.2. The van der Waals surface area contributed by atoms with E-state index in [1.165, 1.54) is 18.2 Å². The molecule has 0 aliphatic carbocycles. The van der Waals surface area contributed by atoms with Gasteiger partial charge in [-0.05, 0) is 29.8 Å². The summed E-state index contributed by atoms with van der Waals surface area (Å²) < 4.78 is 14.4. The van der Waals surface area contributed by atoms with Crippen LogP contribution in [0.25, 0.3) is 16.8 Å². The molecule has 0 unspecified atom stereocenters. The van der Waals surface area contributed by atoms with E-state index in [0.29, 0.717) is 16.8 Å². The minimum Gasteiger partial charge on any atom is -0.476 e. The van der Waals surface area contributed by atoms with E-state index in [4.69, 9.17) is 17.3 Å². The second kappa shape index (κ2) is 4.71. The first-order valence-corrected chi connectivity index (χ1v) is 6.19. The number of nitrogens with zero attached hydrogens (tertiary/aromatic N) is 3. The van der Waals surface area contributed by atoms with Gasteiger partial charge in [-0.1, -0.05) is 17.7 Å². The van der Waals surface area contributed by atoms with Gasteiger partial charge in [0.1, 0.15) is 5.82 Å². The van der Waals surface area contributed by atoms with E-state index >= 15 is 0 Å². The number of nitrogen functional groups attached to an aromatic ring is 1. The van der Waals surface area contributed by atoms with Crippen molar-refractivity contribution in [2.75, 3.05) is 5.73 Å². The van der Waals surface area contributed by atoms with Crippen LogP contribution in [0.4, 0.5) is 10.3 Å². The molecule has 0 spiro atoms. The number of aromatic carboxylic acids is 1. The molecule has 0 aliphatic rings. The van der Waals surface area contributed by atoms with E-state index in [2.05, 4.69) is 10.1 Å². The largest absolute Gasteiger partial charge is 0.476 e. The number of carboxylic acids is 1. The topological polar surface area (TPSA) is 93.5 Å². The average Bonchev–Trinajstić information content (AvgIpc) is 2.80. The molecule has 2 aromatic heterocycles. The van der Waals surface area contributed by atoms with Crippen molar-refractivity contribution in [2.24, 2.45) is 0 Å². The van der Waals surface area contributed by atoms with Gasteiger partial charge in [0.05, 0.1) is 5.02 Å². The highest BCUT2D eigenvalue weighted by Gasteiger charge is 2.19. The van der Waals surface area contributed by atoms with Crippen LogP contribution >= 0.6 is 11.6 Å². The summed E-state index contributed by atoms with van der Waals surface area (Å²) >= 11 is 5.74. The lowest BCUT2D eigenvalue weighted by atomic mass is 10.0. The number of nitrogens with two attached hydrogens (primary N) is 1. The van der Waals surface area contributed by atoms with Crippen LogP contribution in [0.15, 0.2) is 30.3 Å². The highest BCUT2D eigenvalue weighted by molar-refractivity contribution is 6.31. The number of halogens is 2. The van der Waals surface area contributed by atoms with Crippen LogP contribution < -0.4 is 5.73 Å². The summed E-state index contributed by atoms with van der Waals surface area (Å²) in [5.74, 6) is -1.82. The number of anilines is 1. The van der Waals surface area contributed by atoms with E-state index in [1.54, 1.807) is 12.1 Å². The Morgan fingerprint density at radius 1 is 1.33 bits per heavy atom. The van der Waals surface area contributed by atoms with E-state index in [-0.39, 0.29) is 16.7 Å². The highest BCUT2D eigenvalue weighted by atomic mass is 35.5. The van der Waals surface area contributed by atoms with Gasteiger partial charge >= 0.3 is 5.97 Å². The first-order valence-electron chi connectivity index (χ1n) is 5.81. The minimum atomic E-state index is -1.21. The van der Waals surface area contributed by atoms with Gasteiger partial charge in [-0.2, -0.15) is 4.98 Å². The van der Waals surface area contributed by atoms with Gasteiger partial charge in [0.15, 0.2) is 11.3 Å². The quantitative estimate of drug-likeness (QED) is 0.758. The Bertz CT molecular complexity index is 878. The predicted molar refractivity (Wildman–Crippen MR) is 74.8 cm³/mol. The molecule has 0 saturated carbocycles. The maximum Gasteiger partial charge on any atom is 0.355 e. The zero-order chi connectivity index (χ0) is 15.1. The Morgan fingerprint density at radius 3 is 2.76 bits per heavy atom. The van der Waals surface area contributed by atoms with Gasteiger partial charge in [0.2, 0.25) is 5.95 Å². The number of carbonyl (C=O) groups is 1. The summed E-state index contributed by atoms with van der Waals surface area (Å²) in [6.45, 7) is 0. The first kappa shape index (κ1) is 13.3. The van der Waals surface area contributed by atoms with Crippen LogP contribution in [0.3, 0.4) is 0 Å². The Kier molecular flexibility index (Phi) is 2.99. The molecule has 21 heavy (non-hydrogen) atoms. The zero-order valence-corrected chi connectivity index (χ0v) is 11.2. The van der Waals surface area contributed by atoms with E-state index < -0.39 is 11.8 Å². The summed E-state index contributed by atoms with van der Waals surface area (Å²) in [5, 5.41) is 13.2. The second-order valence-electron chi connectivity index (χ2n) is 4.27. The molecule has 106 valence electrons. The fourth-order valence-electron chi connectivity index (χ4n) is 2.07. The van der Waals surface area contributed by atoms with Gasteiger partial charge in [0.25, 0.3) is 0 Å². The number of pyridine rings is 1. The minimum absolute atomic E-state index is 0.0354. The van der Waals surface area contributed by atoms with Crippen molar-refractivity contribution in [3.05, 3.63) is 46.9 Å². The number of carboxylic acid groups (broad SMARTS) is 1. The number of fused-ring (bicyclic) bond motifs is 1. The molecule has 0 bridgehead atoms. The third-order valence-electron chi connectivity index (χ3n) is 2.95. The Balaban J connectivity index is 2.33. The van der Waals surface area contributed by atoms with Gasteiger partial charge < -0.3 is 10.8 Å². The molecule has 1 aromatic carbocycles. The summed E-state index contributed by atoms with van der Waals surface area (Å²) in [5.41, 5.74) is 6.46. The van der Waals surface area contributed by atoms with Crippen molar-refractivity contribution >= 4 is 29.2 Å². The normalized spacial score (nSPS) is 11.0. The number of benzene rings is 1. The fraction of sp³-hybridized carbons (Fsp3) is 0. The SMILES string of the molecule is Nc1nc2ccc(-c3ccc(F)c(Cl)c3)c(C(=O)O)n2n1. The molecule has 0 aliphatic heterocycles. The molecule has 0 saturated heterocycles. The smallest absolute Gasteiger partial charge is 0.355 e. The van der Waals surface area contributed by atoms with Crippen LogP contribution in [0.5, 0.6) is 0 Å². The molecule has 0 fully saturated rings. The summed E-state index contributed by atoms with van der Waals surface area (Å²) in [7, 11) is 0. The number of rotatable bonds is 2. The number of hydrogen-bond donors (Lipinski definition) is 2. The zero-order valence-electron chi connectivity index (χ0n) is 10.4. The van der Waals surface area contributed by atoms with Crippen LogP contribution in [-0.4, -0.2) is 25.7 Å². The molecule has 8 heteroatoms. The first-order chi connectivity index (χ1) is 9.97. The van der Waals surface area contributed by atoms with E-state index in [0.717, 1.165) is 4.52 Å². The van der Waals surface area contributed by atoms with Gasteiger partial charge in [-0.3, -0.25) is 0 Å². The third-order valence-corrected chi connectivity index (χ3v) is 3.24. The van der Waals surface area contributed by atoms with Crippen LogP contribution in [0, 0.1) is 5.82 Å². The maximum absolute atomic E-state index is 13.2. The molecule has 3 aromatic rings. The van der Waals surface area contributed by atoms with Crippen molar-refractivity contribution in [1.82, 2.24) is 14.6 Å². The molecule has 3 rings (SSSR count). The highest BCUT2D eigenvalue weighted by Crippen LogP contribution is 2.28. The van der Waals surface area contributed by atoms with Crippen molar-refractivity contribution < 1.29 is 14.3 Å². The molecular weight excluding hydrogens is 299 g/mol.